The minimum atomic E-state index is -4.87. The van der Waals surface area contributed by atoms with Crippen molar-refractivity contribution in [1.29, 1.82) is 0 Å². The van der Waals surface area contributed by atoms with Crippen molar-refractivity contribution in [1.82, 2.24) is 10.6 Å². The SMILES string of the molecule is CCOC(=O)CNC[C@@H](C(=O)N[C@H](C(=O)OCc1ccccc1)C(C)C)C(F)(F)F. The Bertz CT molecular complexity index is 695. The number of hydrogen-bond acceptors (Lipinski definition) is 6. The van der Waals surface area contributed by atoms with Gasteiger partial charge in [0.2, 0.25) is 5.91 Å². The van der Waals surface area contributed by atoms with E-state index in [0.717, 1.165) is 0 Å². The number of benzene rings is 1. The second-order valence-corrected chi connectivity index (χ2v) is 6.85. The summed E-state index contributed by atoms with van der Waals surface area (Å²) >= 11 is 0. The summed E-state index contributed by atoms with van der Waals surface area (Å²) in [6, 6.07) is 7.49. The summed E-state index contributed by atoms with van der Waals surface area (Å²) < 4.78 is 49.8. The molecule has 0 aliphatic heterocycles. The van der Waals surface area contributed by atoms with Crippen molar-refractivity contribution in [3.63, 3.8) is 0 Å². The molecule has 0 bridgehead atoms. The van der Waals surface area contributed by atoms with Crippen molar-refractivity contribution in [2.45, 2.75) is 39.6 Å². The highest BCUT2D eigenvalue weighted by Crippen LogP contribution is 2.26. The van der Waals surface area contributed by atoms with E-state index in [2.05, 4.69) is 15.4 Å². The third kappa shape index (κ3) is 8.81. The third-order valence-corrected chi connectivity index (χ3v) is 4.08. The lowest BCUT2D eigenvalue weighted by Crippen LogP contribution is -2.52. The summed E-state index contributed by atoms with van der Waals surface area (Å²) in [6.07, 6.45) is -4.87. The average molecular weight is 432 g/mol. The number of rotatable bonds is 11. The van der Waals surface area contributed by atoms with Gasteiger partial charge in [-0.05, 0) is 18.4 Å². The zero-order valence-electron chi connectivity index (χ0n) is 17.1. The number of nitrogens with one attached hydrogen (secondary N) is 2. The van der Waals surface area contributed by atoms with Crippen molar-refractivity contribution in [2.24, 2.45) is 11.8 Å². The van der Waals surface area contributed by atoms with Crippen LogP contribution >= 0.6 is 0 Å². The molecule has 0 saturated carbocycles. The molecule has 168 valence electrons. The fourth-order valence-electron chi connectivity index (χ4n) is 2.46. The lowest BCUT2D eigenvalue weighted by atomic mass is 10.0. The van der Waals surface area contributed by atoms with Crippen LogP contribution in [0.2, 0.25) is 0 Å². The molecule has 0 fully saturated rings. The predicted octanol–water partition coefficient (Wildman–Crippen LogP) is 2.20. The van der Waals surface area contributed by atoms with Crippen molar-refractivity contribution in [2.75, 3.05) is 19.7 Å². The van der Waals surface area contributed by atoms with Crippen LogP contribution in [0.3, 0.4) is 0 Å². The van der Waals surface area contributed by atoms with Gasteiger partial charge in [-0.25, -0.2) is 4.79 Å². The zero-order valence-corrected chi connectivity index (χ0v) is 17.1. The van der Waals surface area contributed by atoms with Gasteiger partial charge in [0, 0.05) is 6.54 Å². The molecule has 0 aliphatic rings. The van der Waals surface area contributed by atoms with Gasteiger partial charge in [-0.2, -0.15) is 13.2 Å². The smallest absolute Gasteiger partial charge is 0.401 e. The van der Waals surface area contributed by atoms with Crippen LogP contribution in [0.5, 0.6) is 0 Å². The van der Waals surface area contributed by atoms with E-state index >= 15 is 0 Å². The number of esters is 2. The lowest BCUT2D eigenvalue weighted by Gasteiger charge is -2.25. The van der Waals surface area contributed by atoms with Crippen LogP contribution in [0, 0.1) is 11.8 Å². The van der Waals surface area contributed by atoms with E-state index in [1.807, 2.05) is 0 Å². The van der Waals surface area contributed by atoms with Gasteiger partial charge in [0.1, 0.15) is 18.6 Å². The topological polar surface area (TPSA) is 93.7 Å². The van der Waals surface area contributed by atoms with Gasteiger partial charge in [0.15, 0.2) is 0 Å². The molecule has 1 rings (SSSR count). The maximum absolute atomic E-state index is 13.3. The van der Waals surface area contributed by atoms with Crippen molar-refractivity contribution in [3.8, 4) is 0 Å². The second kappa shape index (κ2) is 12.2. The first-order chi connectivity index (χ1) is 14.1. The Labute approximate surface area is 173 Å². The van der Waals surface area contributed by atoms with E-state index in [1.165, 1.54) is 0 Å². The van der Waals surface area contributed by atoms with Crippen molar-refractivity contribution in [3.05, 3.63) is 35.9 Å². The van der Waals surface area contributed by atoms with Crippen molar-refractivity contribution >= 4 is 17.8 Å². The van der Waals surface area contributed by atoms with Gasteiger partial charge < -0.3 is 20.1 Å². The molecule has 0 aromatic heterocycles. The molecular weight excluding hydrogens is 405 g/mol. The highest BCUT2D eigenvalue weighted by molar-refractivity contribution is 5.86. The fourth-order valence-corrected chi connectivity index (χ4v) is 2.46. The summed E-state index contributed by atoms with van der Waals surface area (Å²) in [7, 11) is 0. The average Bonchev–Trinajstić information content (AvgIpc) is 2.67. The zero-order chi connectivity index (χ0) is 22.7. The van der Waals surface area contributed by atoms with Crippen LogP contribution in [0.1, 0.15) is 26.3 Å². The minimum Gasteiger partial charge on any atom is -0.465 e. The summed E-state index contributed by atoms with van der Waals surface area (Å²) in [5.41, 5.74) is 0.705. The molecule has 1 aromatic carbocycles. The van der Waals surface area contributed by atoms with Crippen molar-refractivity contribution < 1.29 is 37.0 Å². The van der Waals surface area contributed by atoms with E-state index < -0.39 is 55.0 Å². The van der Waals surface area contributed by atoms with Crippen LogP contribution in [0.15, 0.2) is 30.3 Å². The van der Waals surface area contributed by atoms with E-state index in [1.54, 1.807) is 51.1 Å². The van der Waals surface area contributed by atoms with Gasteiger partial charge in [0.05, 0.1) is 13.2 Å². The van der Waals surface area contributed by atoms with Gasteiger partial charge >= 0.3 is 18.1 Å². The molecule has 2 atom stereocenters. The van der Waals surface area contributed by atoms with E-state index in [0.29, 0.717) is 5.56 Å². The molecule has 0 spiro atoms. The summed E-state index contributed by atoms with van der Waals surface area (Å²) in [5, 5.41) is 4.40. The number of carbonyl (C=O) groups excluding carboxylic acids is 3. The standard InChI is InChI=1S/C20H27F3N2O5/c1-4-29-16(26)11-24-10-15(20(21,22)23)18(27)25-17(13(2)3)19(28)30-12-14-8-6-5-7-9-14/h5-9,13,15,17,24H,4,10-12H2,1-3H3,(H,25,27)/t15-,17-/m0/s1. The van der Waals surface area contributed by atoms with Crippen LogP contribution < -0.4 is 10.6 Å². The van der Waals surface area contributed by atoms with Crippen LogP contribution in [0.4, 0.5) is 13.2 Å². The molecule has 30 heavy (non-hydrogen) atoms. The number of carbonyl (C=O) groups is 3. The molecule has 0 heterocycles. The first-order valence-electron chi connectivity index (χ1n) is 9.50. The quantitative estimate of drug-likeness (QED) is 0.521. The third-order valence-electron chi connectivity index (χ3n) is 4.08. The number of halogens is 3. The van der Waals surface area contributed by atoms with E-state index in [-0.39, 0.29) is 13.2 Å². The number of ether oxygens (including phenoxy) is 2. The number of hydrogen-bond donors (Lipinski definition) is 2. The van der Waals surface area contributed by atoms with Crippen LogP contribution in [-0.2, 0) is 30.5 Å². The van der Waals surface area contributed by atoms with Crippen LogP contribution in [0.25, 0.3) is 0 Å². The Morgan fingerprint density at radius 1 is 1.07 bits per heavy atom. The largest absolute Gasteiger partial charge is 0.465 e. The summed E-state index contributed by atoms with van der Waals surface area (Å²) in [6.45, 7) is 3.44. The minimum absolute atomic E-state index is 0.0669. The van der Waals surface area contributed by atoms with E-state index in [9.17, 15) is 27.6 Å². The molecule has 1 aromatic rings. The first-order valence-corrected chi connectivity index (χ1v) is 9.50. The molecule has 7 nitrogen and oxygen atoms in total. The molecule has 0 saturated heterocycles. The monoisotopic (exact) mass is 432 g/mol. The lowest BCUT2D eigenvalue weighted by molar-refractivity contribution is -0.183. The Morgan fingerprint density at radius 2 is 1.70 bits per heavy atom. The molecule has 0 radical (unpaired) electrons. The van der Waals surface area contributed by atoms with Gasteiger partial charge in [-0.3, -0.25) is 9.59 Å². The Hall–Kier alpha value is -2.62. The van der Waals surface area contributed by atoms with Gasteiger partial charge in [-0.15, -0.1) is 0 Å². The first kappa shape index (κ1) is 25.4. The van der Waals surface area contributed by atoms with Gasteiger partial charge in [0.25, 0.3) is 0 Å². The highest BCUT2D eigenvalue weighted by Gasteiger charge is 2.45. The molecule has 2 N–H and O–H groups in total. The molecule has 1 amide bonds. The predicted molar refractivity (Wildman–Crippen MR) is 102 cm³/mol. The van der Waals surface area contributed by atoms with Crippen LogP contribution in [-0.4, -0.2) is 49.8 Å². The molecule has 10 heteroatoms. The Morgan fingerprint density at radius 3 is 2.23 bits per heavy atom. The fraction of sp³-hybridized carbons (Fsp3) is 0.550. The molecule has 0 unspecified atom stereocenters. The maximum Gasteiger partial charge on any atom is 0.401 e. The highest BCUT2D eigenvalue weighted by atomic mass is 19.4. The number of amides is 1. The molecular formula is C20H27F3N2O5. The maximum atomic E-state index is 13.3. The molecule has 0 aliphatic carbocycles. The normalized spacial score (nSPS) is 13.4. The summed E-state index contributed by atoms with van der Waals surface area (Å²) in [4.78, 5) is 35.9. The Kier molecular flexibility index (Phi) is 10.3. The van der Waals surface area contributed by atoms with Gasteiger partial charge in [-0.1, -0.05) is 44.2 Å². The Balaban J connectivity index is 2.73. The second-order valence-electron chi connectivity index (χ2n) is 6.85. The summed E-state index contributed by atoms with van der Waals surface area (Å²) in [5.74, 6) is -5.89. The number of alkyl halides is 3. The van der Waals surface area contributed by atoms with E-state index in [4.69, 9.17) is 4.74 Å².